The Bertz CT molecular complexity index is 546. The molecule has 0 aliphatic heterocycles. The molecule has 0 unspecified atom stereocenters. The zero-order valence-corrected chi connectivity index (χ0v) is 10.9. The third-order valence-corrected chi connectivity index (χ3v) is 4.24. The highest BCUT2D eigenvalue weighted by atomic mass is 32.2. The van der Waals surface area contributed by atoms with Gasteiger partial charge in [0.25, 0.3) is 0 Å². The standard InChI is InChI=1S/C10H10F2O4S2/c1-18(15,16)3-2-17-9-7(11)4-6(10(13)14)5-8(9)12/h4-5H,2-3H2,1H3,(H,13,14). The first-order valence-electron chi connectivity index (χ1n) is 4.73. The maximum Gasteiger partial charge on any atom is 0.335 e. The fraction of sp³-hybridized carbons (Fsp3) is 0.300. The van der Waals surface area contributed by atoms with Crippen LogP contribution in [0.25, 0.3) is 0 Å². The molecule has 0 aliphatic rings. The van der Waals surface area contributed by atoms with Crippen molar-refractivity contribution in [1.29, 1.82) is 0 Å². The number of hydrogen-bond donors (Lipinski definition) is 1. The Morgan fingerprint density at radius 1 is 1.33 bits per heavy atom. The van der Waals surface area contributed by atoms with Gasteiger partial charge in [-0.2, -0.15) is 0 Å². The molecule has 0 atom stereocenters. The first-order valence-corrected chi connectivity index (χ1v) is 7.78. The van der Waals surface area contributed by atoms with Crippen LogP contribution in [0.15, 0.2) is 17.0 Å². The highest BCUT2D eigenvalue weighted by Crippen LogP contribution is 2.26. The van der Waals surface area contributed by atoms with Gasteiger partial charge in [-0.1, -0.05) is 0 Å². The summed E-state index contributed by atoms with van der Waals surface area (Å²) in [5, 5.41) is 8.59. The number of rotatable bonds is 5. The van der Waals surface area contributed by atoms with E-state index in [1.807, 2.05) is 0 Å². The van der Waals surface area contributed by atoms with E-state index in [2.05, 4.69) is 0 Å². The smallest absolute Gasteiger partial charge is 0.335 e. The number of aromatic carboxylic acids is 1. The average molecular weight is 296 g/mol. The molecule has 0 radical (unpaired) electrons. The SMILES string of the molecule is CS(=O)(=O)CCSc1c(F)cc(C(=O)O)cc1F. The van der Waals surface area contributed by atoms with Gasteiger partial charge in [-0.15, -0.1) is 11.8 Å². The Balaban J connectivity index is 2.87. The number of thioether (sulfide) groups is 1. The van der Waals surface area contributed by atoms with Gasteiger partial charge < -0.3 is 5.11 Å². The summed E-state index contributed by atoms with van der Waals surface area (Å²) in [5.74, 6) is -3.66. The van der Waals surface area contributed by atoms with E-state index < -0.39 is 33.0 Å². The summed E-state index contributed by atoms with van der Waals surface area (Å²) in [6, 6.07) is 1.41. The molecule has 4 nitrogen and oxygen atoms in total. The zero-order chi connectivity index (χ0) is 13.9. The molecule has 0 spiro atoms. The summed E-state index contributed by atoms with van der Waals surface area (Å²) in [5.41, 5.74) is -0.488. The normalized spacial score (nSPS) is 11.5. The lowest BCUT2D eigenvalue weighted by atomic mass is 10.2. The van der Waals surface area contributed by atoms with Crippen molar-refractivity contribution in [2.45, 2.75) is 4.90 Å². The molecule has 0 bridgehead atoms. The van der Waals surface area contributed by atoms with Crippen LogP contribution in [0.4, 0.5) is 8.78 Å². The minimum absolute atomic E-state index is 0.000901. The molecule has 8 heteroatoms. The van der Waals surface area contributed by atoms with Crippen LogP contribution in [-0.2, 0) is 9.84 Å². The minimum Gasteiger partial charge on any atom is -0.478 e. The Labute approximate surface area is 107 Å². The van der Waals surface area contributed by atoms with E-state index in [9.17, 15) is 22.0 Å². The highest BCUT2D eigenvalue weighted by Gasteiger charge is 2.15. The molecule has 0 heterocycles. The second-order valence-electron chi connectivity index (χ2n) is 3.55. The van der Waals surface area contributed by atoms with Gasteiger partial charge in [0.1, 0.15) is 21.5 Å². The van der Waals surface area contributed by atoms with Gasteiger partial charge in [0.05, 0.1) is 16.2 Å². The van der Waals surface area contributed by atoms with E-state index in [4.69, 9.17) is 5.11 Å². The average Bonchev–Trinajstić information content (AvgIpc) is 2.20. The second-order valence-corrected chi connectivity index (χ2v) is 6.92. The third kappa shape index (κ3) is 4.26. The van der Waals surface area contributed by atoms with Crippen molar-refractivity contribution in [3.8, 4) is 0 Å². The predicted octanol–water partition coefficient (Wildman–Crippen LogP) is 1.80. The zero-order valence-electron chi connectivity index (χ0n) is 9.31. The van der Waals surface area contributed by atoms with E-state index >= 15 is 0 Å². The van der Waals surface area contributed by atoms with Crippen molar-refractivity contribution in [2.24, 2.45) is 0 Å². The molecular weight excluding hydrogens is 286 g/mol. The van der Waals surface area contributed by atoms with Crippen molar-refractivity contribution in [3.05, 3.63) is 29.3 Å². The second kappa shape index (κ2) is 5.66. The van der Waals surface area contributed by atoms with Crippen molar-refractivity contribution in [1.82, 2.24) is 0 Å². The molecule has 0 fully saturated rings. The number of benzene rings is 1. The summed E-state index contributed by atoms with van der Waals surface area (Å²) in [6.45, 7) is 0. The van der Waals surface area contributed by atoms with Crippen LogP contribution >= 0.6 is 11.8 Å². The molecular formula is C10H10F2O4S2. The number of sulfone groups is 1. The molecule has 0 aromatic heterocycles. The Hall–Kier alpha value is -1.15. The Morgan fingerprint density at radius 2 is 1.83 bits per heavy atom. The van der Waals surface area contributed by atoms with Crippen LogP contribution in [0.1, 0.15) is 10.4 Å². The Kier molecular flexibility index (Phi) is 4.69. The minimum atomic E-state index is -3.20. The van der Waals surface area contributed by atoms with Crippen LogP contribution in [0.2, 0.25) is 0 Å². The largest absolute Gasteiger partial charge is 0.478 e. The van der Waals surface area contributed by atoms with E-state index in [0.717, 1.165) is 6.26 Å². The van der Waals surface area contributed by atoms with E-state index in [1.54, 1.807) is 0 Å². The van der Waals surface area contributed by atoms with Crippen LogP contribution in [-0.4, -0.2) is 37.3 Å². The van der Waals surface area contributed by atoms with Gasteiger partial charge in [-0.25, -0.2) is 22.0 Å². The maximum absolute atomic E-state index is 13.4. The van der Waals surface area contributed by atoms with Crippen molar-refractivity contribution in [2.75, 3.05) is 17.8 Å². The summed E-state index contributed by atoms with van der Waals surface area (Å²) in [7, 11) is -3.20. The van der Waals surface area contributed by atoms with E-state index in [-0.39, 0.29) is 16.4 Å². The lowest BCUT2D eigenvalue weighted by Gasteiger charge is -2.05. The highest BCUT2D eigenvalue weighted by molar-refractivity contribution is 8.00. The summed E-state index contributed by atoms with van der Waals surface area (Å²) >= 11 is 0.699. The first-order chi connectivity index (χ1) is 8.20. The number of carboxylic acids is 1. The summed E-state index contributed by atoms with van der Waals surface area (Å²) in [6.07, 6.45) is 1.02. The van der Waals surface area contributed by atoms with Crippen LogP contribution in [0, 0.1) is 11.6 Å². The molecule has 0 amide bonds. The topological polar surface area (TPSA) is 71.4 Å². The van der Waals surface area contributed by atoms with E-state index in [0.29, 0.717) is 23.9 Å². The molecule has 1 aromatic rings. The number of carbonyl (C=O) groups is 1. The fourth-order valence-electron chi connectivity index (χ4n) is 1.12. The number of carboxylic acid groups (broad SMARTS) is 1. The maximum atomic E-state index is 13.4. The molecule has 1 aromatic carbocycles. The molecule has 1 N–H and O–H groups in total. The molecule has 0 saturated carbocycles. The molecule has 0 aliphatic carbocycles. The predicted molar refractivity (Wildman–Crippen MR) is 63.8 cm³/mol. The number of halogens is 2. The van der Waals surface area contributed by atoms with Crippen molar-refractivity contribution >= 4 is 27.6 Å². The van der Waals surface area contributed by atoms with Gasteiger partial charge in [-0.3, -0.25) is 0 Å². The molecule has 18 heavy (non-hydrogen) atoms. The molecule has 100 valence electrons. The van der Waals surface area contributed by atoms with Gasteiger partial charge >= 0.3 is 5.97 Å². The molecule has 0 saturated heterocycles. The third-order valence-electron chi connectivity index (χ3n) is 1.95. The summed E-state index contributed by atoms with van der Waals surface area (Å²) < 4.78 is 48.5. The number of hydrogen-bond acceptors (Lipinski definition) is 4. The van der Waals surface area contributed by atoms with Crippen LogP contribution in [0.5, 0.6) is 0 Å². The monoisotopic (exact) mass is 296 g/mol. The molecule has 1 rings (SSSR count). The van der Waals surface area contributed by atoms with Gasteiger partial charge in [-0.05, 0) is 12.1 Å². The Morgan fingerprint density at radius 3 is 2.22 bits per heavy atom. The lowest BCUT2D eigenvalue weighted by Crippen LogP contribution is -2.06. The van der Waals surface area contributed by atoms with Crippen LogP contribution in [0.3, 0.4) is 0 Å². The quantitative estimate of drug-likeness (QED) is 0.839. The lowest BCUT2D eigenvalue weighted by molar-refractivity contribution is 0.0695. The van der Waals surface area contributed by atoms with Gasteiger partial charge in [0.15, 0.2) is 0 Å². The van der Waals surface area contributed by atoms with E-state index in [1.165, 1.54) is 0 Å². The van der Waals surface area contributed by atoms with Crippen molar-refractivity contribution in [3.63, 3.8) is 0 Å². The van der Waals surface area contributed by atoms with Gasteiger partial charge in [0.2, 0.25) is 0 Å². The van der Waals surface area contributed by atoms with Crippen molar-refractivity contribution < 1.29 is 27.1 Å². The summed E-state index contributed by atoms with van der Waals surface area (Å²) in [4.78, 5) is 10.2. The fourth-order valence-corrected chi connectivity index (χ4v) is 3.26. The first kappa shape index (κ1) is 14.9. The van der Waals surface area contributed by atoms with Gasteiger partial charge in [0, 0.05) is 12.0 Å². The van der Waals surface area contributed by atoms with Crippen LogP contribution < -0.4 is 0 Å².